The third-order valence-electron chi connectivity index (χ3n) is 3.90. The summed E-state index contributed by atoms with van der Waals surface area (Å²) in [7, 11) is 1.68. The van der Waals surface area contributed by atoms with Crippen LogP contribution in [0.25, 0.3) is 0 Å². The monoisotopic (exact) mass is 272 g/mol. The highest BCUT2D eigenvalue weighted by atomic mass is 16.5. The number of β-amino-alcohol motifs (C(OH)–C–C–N with tert-alkyl or cyclic N) is 1. The lowest BCUT2D eigenvalue weighted by atomic mass is 10.0. The van der Waals surface area contributed by atoms with E-state index in [1.54, 1.807) is 7.11 Å². The van der Waals surface area contributed by atoms with Gasteiger partial charge in [0.05, 0.1) is 13.2 Å². The van der Waals surface area contributed by atoms with Crippen molar-refractivity contribution in [2.45, 2.75) is 25.1 Å². The number of benzene rings is 1. The van der Waals surface area contributed by atoms with Gasteiger partial charge in [0.15, 0.2) is 0 Å². The predicted molar refractivity (Wildman–Crippen MR) is 77.6 cm³/mol. The zero-order valence-electron chi connectivity index (χ0n) is 11.6. The van der Waals surface area contributed by atoms with Crippen LogP contribution in [0.15, 0.2) is 42.6 Å². The van der Waals surface area contributed by atoms with Crippen LogP contribution >= 0.6 is 0 Å². The summed E-state index contributed by atoms with van der Waals surface area (Å²) in [6, 6.07) is 12.4. The van der Waals surface area contributed by atoms with E-state index >= 15 is 0 Å². The maximum Gasteiger partial charge on any atom is 0.119 e. The molecule has 1 saturated heterocycles. The molecule has 3 rings (SSSR count). The lowest BCUT2D eigenvalue weighted by Gasteiger charge is -2.24. The molecule has 0 amide bonds. The zero-order valence-corrected chi connectivity index (χ0v) is 11.6. The Hall–Kier alpha value is -1.78. The first kappa shape index (κ1) is 13.2. The molecule has 2 aromatic rings. The van der Waals surface area contributed by atoms with Crippen LogP contribution in [-0.2, 0) is 6.54 Å². The third-order valence-corrected chi connectivity index (χ3v) is 3.90. The Morgan fingerprint density at radius 2 is 2.25 bits per heavy atom. The Kier molecular flexibility index (Phi) is 3.76. The number of ether oxygens (including phenoxy) is 1. The van der Waals surface area contributed by atoms with Crippen molar-refractivity contribution >= 4 is 0 Å². The number of hydrogen-bond acceptors (Lipinski definition) is 3. The number of aromatic amines is 1. The molecule has 0 saturated carbocycles. The molecule has 2 unspecified atom stereocenters. The summed E-state index contributed by atoms with van der Waals surface area (Å²) < 4.78 is 5.30. The summed E-state index contributed by atoms with van der Waals surface area (Å²) in [6.07, 6.45) is 2.44. The molecule has 2 heterocycles. The molecule has 2 N–H and O–H groups in total. The van der Waals surface area contributed by atoms with Gasteiger partial charge in [-0.1, -0.05) is 12.1 Å². The molecule has 4 nitrogen and oxygen atoms in total. The van der Waals surface area contributed by atoms with E-state index in [4.69, 9.17) is 4.74 Å². The van der Waals surface area contributed by atoms with E-state index < -0.39 is 0 Å². The van der Waals surface area contributed by atoms with E-state index in [1.165, 1.54) is 11.3 Å². The Morgan fingerprint density at radius 1 is 1.35 bits per heavy atom. The molecule has 1 aromatic heterocycles. The van der Waals surface area contributed by atoms with E-state index in [1.807, 2.05) is 24.4 Å². The molecule has 1 fully saturated rings. The standard InChI is InChI=1S/C16H20N2O2/c1-20-15-6-2-4-12(8-15)16-9-14(19)11-18(16)10-13-5-3-7-17-13/h2-8,14,16-17,19H,9-11H2,1H3. The van der Waals surface area contributed by atoms with Crippen molar-refractivity contribution in [3.63, 3.8) is 0 Å². The molecule has 0 bridgehead atoms. The van der Waals surface area contributed by atoms with Crippen LogP contribution in [0.4, 0.5) is 0 Å². The molecule has 1 aliphatic rings. The number of H-pyrrole nitrogens is 1. The second-order valence-electron chi connectivity index (χ2n) is 5.31. The number of aromatic nitrogens is 1. The number of rotatable bonds is 4. The molecule has 0 spiro atoms. The first-order chi connectivity index (χ1) is 9.76. The molecular formula is C16H20N2O2. The third kappa shape index (κ3) is 2.71. The molecule has 1 aliphatic heterocycles. The maximum atomic E-state index is 10.0. The largest absolute Gasteiger partial charge is 0.497 e. The molecule has 106 valence electrons. The van der Waals surface area contributed by atoms with Gasteiger partial charge < -0.3 is 14.8 Å². The second kappa shape index (κ2) is 5.69. The normalized spacial score (nSPS) is 23.1. The highest BCUT2D eigenvalue weighted by molar-refractivity contribution is 5.31. The van der Waals surface area contributed by atoms with Crippen molar-refractivity contribution in [2.75, 3.05) is 13.7 Å². The summed E-state index contributed by atoms with van der Waals surface area (Å²) in [4.78, 5) is 5.54. The molecule has 4 heteroatoms. The fraction of sp³-hybridized carbons (Fsp3) is 0.375. The molecule has 2 atom stereocenters. The number of methoxy groups -OCH3 is 1. The average Bonchev–Trinajstić information content (AvgIpc) is 3.09. The predicted octanol–water partition coefficient (Wildman–Crippen LogP) is 2.33. The van der Waals surface area contributed by atoms with E-state index in [0.29, 0.717) is 6.54 Å². The number of nitrogens with zero attached hydrogens (tertiary/aromatic N) is 1. The molecule has 1 aromatic carbocycles. The van der Waals surface area contributed by atoms with Crippen LogP contribution in [0.5, 0.6) is 5.75 Å². The number of aliphatic hydroxyl groups is 1. The van der Waals surface area contributed by atoms with Gasteiger partial charge in [-0.05, 0) is 36.2 Å². The van der Waals surface area contributed by atoms with Gasteiger partial charge in [-0.2, -0.15) is 0 Å². The topological polar surface area (TPSA) is 48.5 Å². The smallest absolute Gasteiger partial charge is 0.119 e. The Labute approximate surface area is 119 Å². The van der Waals surface area contributed by atoms with Gasteiger partial charge in [-0.25, -0.2) is 0 Å². The van der Waals surface area contributed by atoms with Crippen molar-refractivity contribution in [3.8, 4) is 5.75 Å². The van der Waals surface area contributed by atoms with Gasteiger partial charge >= 0.3 is 0 Å². The number of nitrogens with one attached hydrogen (secondary N) is 1. The van der Waals surface area contributed by atoms with Gasteiger partial charge in [0.2, 0.25) is 0 Å². The van der Waals surface area contributed by atoms with Crippen molar-refractivity contribution in [3.05, 3.63) is 53.9 Å². The van der Waals surface area contributed by atoms with Crippen LogP contribution in [0.2, 0.25) is 0 Å². The second-order valence-corrected chi connectivity index (χ2v) is 5.31. The molecule has 0 aliphatic carbocycles. The van der Waals surface area contributed by atoms with Gasteiger partial charge in [-0.15, -0.1) is 0 Å². The van der Waals surface area contributed by atoms with E-state index in [2.05, 4.69) is 28.1 Å². The number of hydrogen-bond donors (Lipinski definition) is 2. The van der Waals surface area contributed by atoms with Crippen LogP contribution in [-0.4, -0.2) is 34.7 Å². The van der Waals surface area contributed by atoms with Gasteiger partial charge in [-0.3, -0.25) is 4.90 Å². The van der Waals surface area contributed by atoms with Gasteiger partial charge in [0, 0.05) is 31.0 Å². The Balaban J connectivity index is 1.81. The maximum absolute atomic E-state index is 10.0. The van der Waals surface area contributed by atoms with Crippen LogP contribution in [0, 0.1) is 0 Å². The fourth-order valence-electron chi connectivity index (χ4n) is 2.93. The van der Waals surface area contributed by atoms with Crippen LogP contribution < -0.4 is 4.74 Å². The van der Waals surface area contributed by atoms with E-state index in [0.717, 1.165) is 18.7 Å². The Morgan fingerprint density at radius 3 is 3.00 bits per heavy atom. The lowest BCUT2D eigenvalue weighted by molar-refractivity contribution is 0.172. The van der Waals surface area contributed by atoms with Crippen molar-refractivity contribution < 1.29 is 9.84 Å². The average molecular weight is 272 g/mol. The first-order valence-electron chi connectivity index (χ1n) is 6.94. The minimum Gasteiger partial charge on any atom is -0.497 e. The summed E-state index contributed by atoms with van der Waals surface area (Å²) in [5.74, 6) is 0.865. The van der Waals surface area contributed by atoms with Crippen molar-refractivity contribution in [1.29, 1.82) is 0 Å². The van der Waals surface area contributed by atoms with Crippen LogP contribution in [0.3, 0.4) is 0 Å². The van der Waals surface area contributed by atoms with E-state index in [9.17, 15) is 5.11 Å². The van der Waals surface area contributed by atoms with Crippen molar-refractivity contribution in [2.24, 2.45) is 0 Å². The fourth-order valence-corrected chi connectivity index (χ4v) is 2.93. The number of aliphatic hydroxyl groups excluding tert-OH is 1. The Bertz CT molecular complexity index is 553. The summed E-state index contributed by atoms with van der Waals surface area (Å²) in [6.45, 7) is 1.53. The highest BCUT2D eigenvalue weighted by Crippen LogP contribution is 2.34. The summed E-state index contributed by atoms with van der Waals surface area (Å²) >= 11 is 0. The number of likely N-dealkylation sites (tertiary alicyclic amines) is 1. The van der Waals surface area contributed by atoms with Crippen molar-refractivity contribution in [1.82, 2.24) is 9.88 Å². The molecule has 20 heavy (non-hydrogen) atoms. The van der Waals surface area contributed by atoms with E-state index in [-0.39, 0.29) is 12.1 Å². The minimum atomic E-state index is -0.263. The quantitative estimate of drug-likeness (QED) is 0.898. The highest BCUT2D eigenvalue weighted by Gasteiger charge is 2.32. The molecular weight excluding hydrogens is 252 g/mol. The minimum absolute atomic E-state index is 0.239. The van der Waals surface area contributed by atoms with Gasteiger partial charge in [0.25, 0.3) is 0 Å². The first-order valence-corrected chi connectivity index (χ1v) is 6.94. The summed E-state index contributed by atoms with van der Waals surface area (Å²) in [5, 5.41) is 10.0. The lowest BCUT2D eigenvalue weighted by Crippen LogP contribution is -2.24. The van der Waals surface area contributed by atoms with Crippen LogP contribution in [0.1, 0.15) is 23.7 Å². The van der Waals surface area contributed by atoms with Gasteiger partial charge in [0.1, 0.15) is 5.75 Å². The SMILES string of the molecule is COc1cccc(C2CC(O)CN2Cc2ccc[nH]2)c1. The summed E-state index contributed by atoms with van der Waals surface area (Å²) in [5.41, 5.74) is 2.37. The molecule has 0 radical (unpaired) electrons. The zero-order chi connectivity index (χ0) is 13.9.